The van der Waals surface area contributed by atoms with E-state index in [9.17, 15) is 0 Å². The molecule has 96 valence electrons. The van der Waals surface area contributed by atoms with Crippen LogP contribution in [0.15, 0.2) is 41.2 Å². The first-order chi connectivity index (χ1) is 8.29. The van der Waals surface area contributed by atoms with Crippen LogP contribution in [-0.4, -0.2) is 17.8 Å². The van der Waals surface area contributed by atoms with Crippen LogP contribution in [0, 0.1) is 0 Å². The highest BCUT2D eigenvalue weighted by atomic mass is 15.5. The van der Waals surface area contributed by atoms with E-state index >= 15 is 0 Å². The number of hydrogen-bond acceptors (Lipinski definition) is 2. The van der Waals surface area contributed by atoms with E-state index in [-0.39, 0.29) is 0 Å². The molecule has 17 heavy (non-hydrogen) atoms. The largest absolute Gasteiger partial charge is 0.266 e. The lowest BCUT2D eigenvalue weighted by Crippen LogP contribution is -2.19. The lowest BCUT2D eigenvalue weighted by Gasteiger charge is -2.22. The van der Waals surface area contributed by atoms with Crippen LogP contribution in [0.3, 0.4) is 0 Å². The third-order valence-corrected chi connectivity index (χ3v) is 1.99. The van der Waals surface area contributed by atoms with Gasteiger partial charge >= 0.3 is 0 Å². The van der Waals surface area contributed by atoms with Gasteiger partial charge in [-0.25, -0.2) is 0 Å². The van der Waals surface area contributed by atoms with Crippen molar-refractivity contribution in [3.8, 4) is 0 Å². The van der Waals surface area contributed by atoms with Crippen LogP contribution >= 0.6 is 0 Å². The smallest absolute Gasteiger partial charge is 0.0550 e. The van der Waals surface area contributed by atoms with E-state index in [1.54, 1.807) is 0 Å². The van der Waals surface area contributed by atoms with E-state index in [4.69, 9.17) is 0 Å². The van der Waals surface area contributed by atoms with Gasteiger partial charge in [0.2, 0.25) is 0 Å². The molecular weight excluding hydrogens is 208 g/mol. The molecule has 1 aliphatic heterocycles. The zero-order valence-electron chi connectivity index (χ0n) is 11.7. The van der Waals surface area contributed by atoms with Crippen LogP contribution in [-0.2, 0) is 0 Å². The number of nitrogens with zero attached hydrogens (tertiary/aromatic N) is 2. The van der Waals surface area contributed by atoms with Gasteiger partial charge in [-0.2, -0.15) is 5.10 Å². The zero-order valence-corrected chi connectivity index (χ0v) is 11.7. The molecule has 0 N–H and O–H groups in total. The molecule has 0 atom stereocenters. The second-order valence-electron chi connectivity index (χ2n) is 3.85. The second-order valence-corrected chi connectivity index (χ2v) is 3.85. The minimum Gasteiger partial charge on any atom is -0.266 e. The molecule has 0 amide bonds. The third-order valence-electron chi connectivity index (χ3n) is 1.99. The van der Waals surface area contributed by atoms with E-state index in [1.807, 2.05) is 30.3 Å². The highest BCUT2D eigenvalue weighted by Gasteiger charge is 2.06. The predicted octanol–water partition coefficient (Wildman–Crippen LogP) is 4.52. The number of hydrogen-bond donors (Lipinski definition) is 0. The summed E-state index contributed by atoms with van der Waals surface area (Å²) in [7, 11) is 0. The van der Waals surface area contributed by atoms with Gasteiger partial charge in [0, 0.05) is 12.8 Å². The van der Waals surface area contributed by atoms with Gasteiger partial charge in [0.15, 0.2) is 0 Å². The molecule has 2 heteroatoms. The molecule has 1 rings (SSSR count). The Morgan fingerprint density at radius 2 is 2.06 bits per heavy atom. The fraction of sp³-hybridized carbons (Fsp3) is 0.533. The van der Waals surface area contributed by atoms with Gasteiger partial charge in [0.25, 0.3) is 0 Å². The fourth-order valence-corrected chi connectivity index (χ4v) is 1.33. The Hall–Kier alpha value is -1.31. The molecule has 0 saturated heterocycles. The Morgan fingerprint density at radius 3 is 2.65 bits per heavy atom. The van der Waals surface area contributed by atoms with E-state index in [0.29, 0.717) is 0 Å². The topological polar surface area (TPSA) is 15.6 Å². The average Bonchev–Trinajstić information content (AvgIpc) is 2.33. The van der Waals surface area contributed by atoms with Crippen LogP contribution < -0.4 is 0 Å². The summed E-state index contributed by atoms with van der Waals surface area (Å²) in [5.41, 5.74) is 1.21. The van der Waals surface area contributed by atoms with E-state index in [2.05, 4.69) is 44.1 Å². The summed E-state index contributed by atoms with van der Waals surface area (Å²) < 4.78 is 0. The highest BCUT2D eigenvalue weighted by molar-refractivity contribution is 5.70. The van der Waals surface area contributed by atoms with Crippen molar-refractivity contribution < 1.29 is 0 Å². The molecule has 0 bridgehead atoms. The van der Waals surface area contributed by atoms with Gasteiger partial charge in [-0.1, -0.05) is 45.4 Å². The second kappa shape index (κ2) is 11.2. The van der Waals surface area contributed by atoms with Crippen molar-refractivity contribution in [2.75, 3.05) is 6.54 Å². The van der Waals surface area contributed by atoms with E-state index in [1.165, 1.54) is 12.1 Å². The quantitative estimate of drug-likeness (QED) is 0.655. The summed E-state index contributed by atoms with van der Waals surface area (Å²) in [5.74, 6) is 0. The molecule has 1 aliphatic rings. The first kappa shape index (κ1) is 15.7. The van der Waals surface area contributed by atoms with E-state index < -0.39 is 0 Å². The van der Waals surface area contributed by atoms with Gasteiger partial charge in [-0.3, -0.25) is 5.01 Å². The molecule has 0 aliphatic carbocycles. The Balaban J connectivity index is 0.000000770. The maximum atomic E-state index is 4.37. The Bertz CT molecular complexity index is 285. The normalized spacial score (nSPS) is 17.9. The van der Waals surface area contributed by atoms with Crippen molar-refractivity contribution in [3.63, 3.8) is 0 Å². The highest BCUT2D eigenvalue weighted by Crippen LogP contribution is 2.14. The number of allylic oxidation sites excluding steroid dienone is 4. The molecule has 0 saturated carbocycles. The fourth-order valence-electron chi connectivity index (χ4n) is 1.33. The zero-order chi connectivity index (χ0) is 12.9. The van der Waals surface area contributed by atoms with Crippen molar-refractivity contribution in [3.05, 3.63) is 36.1 Å². The average molecular weight is 234 g/mol. The van der Waals surface area contributed by atoms with Crippen LogP contribution in [0.25, 0.3) is 0 Å². The molecule has 2 nitrogen and oxygen atoms in total. The van der Waals surface area contributed by atoms with Crippen molar-refractivity contribution in [1.82, 2.24) is 5.01 Å². The lowest BCUT2D eigenvalue weighted by atomic mass is 10.2. The molecule has 0 aromatic rings. The molecule has 0 aromatic heterocycles. The molecule has 0 unspecified atom stereocenters. The van der Waals surface area contributed by atoms with E-state index in [0.717, 1.165) is 19.4 Å². The van der Waals surface area contributed by atoms with Gasteiger partial charge in [0.05, 0.1) is 5.70 Å². The Morgan fingerprint density at radius 1 is 1.35 bits per heavy atom. The maximum Gasteiger partial charge on any atom is 0.0550 e. The third kappa shape index (κ3) is 7.56. The predicted molar refractivity (Wildman–Crippen MR) is 78.1 cm³/mol. The minimum absolute atomic E-state index is 0.983. The van der Waals surface area contributed by atoms with Crippen molar-refractivity contribution in [2.24, 2.45) is 5.10 Å². The molecule has 0 fully saturated rings. The molecular formula is C15H26N2. The monoisotopic (exact) mass is 234 g/mol. The standard InChI is InChI=1S/C12H18N2.C3H8/c1-3-5-10-13-14-11-7-6-9-12(14)8-4-2;1-3-2/h3,5-6,8-10H,4,7,11H2,1-2H3;3H2,1-2H3/b5-3-,12-8+,13-10-;. The molecule has 0 spiro atoms. The Kier molecular flexibility index (Phi) is 10.3. The molecule has 0 aromatic carbocycles. The van der Waals surface area contributed by atoms with Gasteiger partial charge < -0.3 is 0 Å². The van der Waals surface area contributed by atoms with Crippen LogP contribution in [0.1, 0.15) is 47.0 Å². The van der Waals surface area contributed by atoms with Crippen molar-refractivity contribution in [2.45, 2.75) is 47.0 Å². The summed E-state index contributed by atoms with van der Waals surface area (Å²) in [6.07, 6.45) is 15.7. The number of rotatable bonds is 3. The molecule has 1 heterocycles. The first-order valence-corrected chi connectivity index (χ1v) is 6.59. The van der Waals surface area contributed by atoms with Crippen LogP contribution in [0.4, 0.5) is 0 Å². The summed E-state index contributed by atoms with van der Waals surface area (Å²) in [5, 5.41) is 6.42. The summed E-state index contributed by atoms with van der Waals surface area (Å²) in [6.45, 7) is 9.37. The lowest BCUT2D eigenvalue weighted by molar-refractivity contribution is 0.374. The van der Waals surface area contributed by atoms with Crippen LogP contribution in [0.2, 0.25) is 0 Å². The SMILES string of the molecule is C/C=C\C=N/N1CCC=C/C1=C\CC.CCC. The summed E-state index contributed by atoms with van der Waals surface area (Å²) >= 11 is 0. The van der Waals surface area contributed by atoms with Crippen molar-refractivity contribution in [1.29, 1.82) is 0 Å². The van der Waals surface area contributed by atoms with Gasteiger partial charge in [0.1, 0.15) is 0 Å². The first-order valence-electron chi connectivity index (χ1n) is 6.59. The number of hydrazone groups is 1. The van der Waals surface area contributed by atoms with Gasteiger partial charge in [-0.05, 0) is 31.9 Å². The van der Waals surface area contributed by atoms with Gasteiger partial charge in [-0.15, -0.1) is 0 Å². The summed E-state index contributed by atoms with van der Waals surface area (Å²) in [4.78, 5) is 0. The minimum atomic E-state index is 0.983. The Labute approximate surface area is 106 Å². The molecule has 0 radical (unpaired) electrons. The van der Waals surface area contributed by atoms with Crippen LogP contribution in [0.5, 0.6) is 0 Å². The summed E-state index contributed by atoms with van der Waals surface area (Å²) in [6, 6.07) is 0. The maximum absolute atomic E-state index is 4.37. The van der Waals surface area contributed by atoms with Crippen molar-refractivity contribution >= 4 is 6.21 Å².